The fourth-order valence-electron chi connectivity index (χ4n) is 1.73. The van der Waals surface area contributed by atoms with Crippen LogP contribution in [0.4, 0.5) is 0 Å². The lowest BCUT2D eigenvalue weighted by molar-refractivity contribution is -0.121. The Hall–Kier alpha value is -1.31. The second-order valence-electron chi connectivity index (χ2n) is 4.00. The molecule has 1 amide bonds. The third-order valence-electron chi connectivity index (χ3n) is 2.59. The quantitative estimate of drug-likeness (QED) is 0.807. The summed E-state index contributed by atoms with van der Waals surface area (Å²) in [5, 5.41) is 2.97. The number of benzene rings is 1. The Labute approximate surface area is 91.7 Å². The number of hydrogen-bond donors (Lipinski definition) is 1. The van der Waals surface area contributed by atoms with Crippen LogP contribution in [0.2, 0.25) is 0 Å². The molecule has 0 aromatic heterocycles. The monoisotopic (exact) mass is 205 g/mol. The van der Waals surface area contributed by atoms with E-state index in [9.17, 15) is 4.79 Å². The number of aryl methyl sites for hydroxylation is 2. The van der Waals surface area contributed by atoms with Crippen molar-refractivity contribution in [3.05, 3.63) is 34.9 Å². The van der Waals surface area contributed by atoms with Crippen LogP contribution in [0.3, 0.4) is 0 Å². The molecule has 0 radical (unpaired) electrons. The summed E-state index contributed by atoms with van der Waals surface area (Å²) >= 11 is 0. The van der Waals surface area contributed by atoms with Crippen molar-refractivity contribution in [1.29, 1.82) is 0 Å². The summed E-state index contributed by atoms with van der Waals surface area (Å²) in [7, 11) is 0. The average Bonchev–Trinajstić information content (AvgIpc) is 2.17. The van der Waals surface area contributed by atoms with Gasteiger partial charge in [-0.15, -0.1) is 0 Å². The smallest absolute Gasteiger partial charge is 0.220 e. The van der Waals surface area contributed by atoms with Crippen LogP contribution in [0.25, 0.3) is 0 Å². The van der Waals surface area contributed by atoms with Gasteiger partial charge in [-0.1, -0.05) is 30.7 Å². The van der Waals surface area contributed by atoms with E-state index in [4.69, 9.17) is 0 Å². The van der Waals surface area contributed by atoms with Gasteiger partial charge >= 0.3 is 0 Å². The highest BCUT2D eigenvalue weighted by Gasteiger charge is 2.09. The van der Waals surface area contributed by atoms with Crippen LogP contribution in [0.5, 0.6) is 0 Å². The van der Waals surface area contributed by atoms with E-state index in [0.717, 1.165) is 0 Å². The van der Waals surface area contributed by atoms with Gasteiger partial charge in [-0.3, -0.25) is 4.79 Å². The number of amides is 1. The van der Waals surface area contributed by atoms with Crippen molar-refractivity contribution >= 4 is 5.91 Å². The van der Waals surface area contributed by atoms with Gasteiger partial charge in [0.1, 0.15) is 0 Å². The molecule has 2 nitrogen and oxygen atoms in total. The Balaban J connectivity index is 2.82. The Morgan fingerprint density at radius 3 is 2.60 bits per heavy atom. The van der Waals surface area contributed by atoms with Crippen LogP contribution in [-0.4, -0.2) is 5.91 Å². The van der Waals surface area contributed by atoms with Gasteiger partial charge in [0.15, 0.2) is 0 Å². The molecule has 1 aromatic rings. The van der Waals surface area contributed by atoms with E-state index in [1.807, 2.05) is 13.8 Å². The first-order valence-electron chi connectivity index (χ1n) is 5.41. The summed E-state index contributed by atoms with van der Waals surface area (Å²) in [6.45, 7) is 8.04. The first-order chi connectivity index (χ1) is 7.04. The third-order valence-corrected chi connectivity index (χ3v) is 2.59. The molecular formula is C13H19NO. The zero-order chi connectivity index (χ0) is 11.4. The second-order valence-corrected chi connectivity index (χ2v) is 4.00. The van der Waals surface area contributed by atoms with Gasteiger partial charge in [0, 0.05) is 6.42 Å². The van der Waals surface area contributed by atoms with Gasteiger partial charge in [-0.05, 0) is 31.9 Å². The van der Waals surface area contributed by atoms with E-state index in [1.54, 1.807) is 0 Å². The SMILES string of the molecule is CCC(=O)N[C@@H](C)c1ccc(C)cc1C. The van der Waals surface area contributed by atoms with Crippen molar-refractivity contribution in [2.24, 2.45) is 0 Å². The molecule has 0 saturated heterocycles. The van der Waals surface area contributed by atoms with E-state index < -0.39 is 0 Å². The summed E-state index contributed by atoms with van der Waals surface area (Å²) in [4.78, 5) is 11.3. The second kappa shape index (κ2) is 4.96. The number of carbonyl (C=O) groups excluding carboxylic acids is 1. The molecule has 0 bridgehead atoms. The summed E-state index contributed by atoms with van der Waals surface area (Å²) in [5.74, 6) is 0.0995. The van der Waals surface area contributed by atoms with E-state index in [0.29, 0.717) is 6.42 Å². The molecule has 1 aromatic carbocycles. The van der Waals surface area contributed by atoms with Crippen molar-refractivity contribution in [3.63, 3.8) is 0 Å². The number of hydrogen-bond acceptors (Lipinski definition) is 1. The van der Waals surface area contributed by atoms with Gasteiger partial charge < -0.3 is 5.32 Å². The normalized spacial score (nSPS) is 12.3. The molecule has 0 unspecified atom stereocenters. The van der Waals surface area contributed by atoms with Gasteiger partial charge in [0.2, 0.25) is 5.91 Å². The zero-order valence-electron chi connectivity index (χ0n) is 9.92. The Bertz CT molecular complexity index is 358. The molecule has 0 fully saturated rings. The molecule has 0 aliphatic carbocycles. The van der Waals surface area contributed by atoms with Crippen LogP contribution in [0.15, 0.2) is 18.2 Å². The fraction of sp³-hybridized carbons (Fsp3) is 0.462. The minimum absolute atomic E-state index is 0.0954. The summed E-state index contributed by atoms with van der Waals surface area (Å²) in [6, 6.07) is 6.41. The summed E-state index contributed by atoms with van der Waals surface area (Å²) < 4.78 is 0. The molecule has 0 aliphatic heterocycles. The van der Waals surface area contributed by atoms with Crippen molar-refractivity contribution in [2.75, 3.05) is 0 Å². The molecule has 1 atom stereocenters. The number of carbonyl (C=O) groups is 1. The number of nitrogens with one attached hydrogen (secondary N) is 1. The third kappa shape index (κ3) is 3.08. The van der Waals surface area contributed by atoms with Gasteiger partial charge in [0.25, 0.3) is 0 Å². The predicted octanol–water partition coefficient (Wildman–Crippen LogP) is 2.89. The van der Waals surface area contributed by atoms with Gasteiger partial charge in [-0.2, -0.15) is 0 Å². The zero-order valence-corrected chi connectivity index (χ0v) is 9.92. The first-order valence-corrected chi connectivity index (χ1v) is 5.41. The highest BCUT2D eigenvalue weighted by atomic mass is 16.1. The van der Waals surface area contributed by atoms with Gasteiger partial charge in [-0.25, -0.2) is 0 Å². The van der Waals surface area contributed by atoms with E-state index in [-0.39, 0.29) is 11.9 Å². The van der Waals surface area contributed by atoms with E-state index >= 15 is 0 Å². The fourth-order valence-corrected chi connectivity index (χ4v) is 1.73. The predicted molar refractivity (Wildman–Crippen MR) is 62.8 cm³/mol. The summed E-state index contributed by atoms with van der Waals surface area (Å²) in [5.41, 5.74) is 3.69. The molecule has 15 heavy (non-hydrogen) atoms. The minimum atomic E-state index is 0.0954. The van der Waals surface area contributed by atoms with Crippen LogP contribution in [-0.2, 0) is 4.79 Å². The molecule has 0 spiro atoms. The Morgan fingerprint density at radius 1 is 1.40 bits per heavy atom. The van der Waals surface area contributed by atoms with Crippen LogP contribution >= 0.6 is 0 Å². The maximum Gasteiger partial charge on any atom is 0.220 e. The highest BCUT2D eigenvalue weighted by Crippen LogP contribution is 2.18. The molecule has 1 rings (SSSR count). The molecular weight excluding hydrogens is 186 g/mol. The van der Waals surface area contributed by atoms with Crippen molar-refractivity contribution in [2.45, 2.75) is 40.2 Å². The standard InChI is InChI=1S/C13H19NO/c1-5-13(15)14-11(4)12-7-6-9(2)8-10(12)3/h6-8,11H,5H2,1-4H3,(H,14,15)/t11-/m0/s1. The topological polar surface area (TPSA) is 29.1 Å². The van der Waals surface area contributed by atoms with E-state index in [2.05, 4.69) is 37.4 Å². The van der Waals surface area contributed by atoms with Crippen molar-refractivity contribution in [3.8, 4) is 0 Å². The van der Waals surface area contributed by atoms with Crippen molar-refractivity contribution in [1.82, 2.24) is 5.32 Å². The molecule has 82 valence electrons. The van der Waals surface area contributed by atoms with E-state index in [1.165, 1.54) is 16.7 Å². The van der Waals surface area contributed by atoms with Gasteiger partial charge in [0.05, 0.1) is 6.04 Å². The lowest BCUT2D eigenvalue weighted by atomic mass is 10.0. The maximum atomic E-state index is 11.3. The molecule has 0 saturated carbocycles. The average molecular weight is 205 g/mol. The van der Waals surface area contributed by atoms with Crippen LogP contribution in [0.1, 0.15) is 43.0 Å². The minimum Gasteiger partial charge on any atom is -0.350 e. The van der Waals surface area contributed by atoms with Crippen molar-refractivity contribution < 1.29 is 4.79 Å². The molecule has 0 aliphatic rings. The molecule has 1 N–H and O–H groups in total. The van der Waals surface area contributed by atoms with Crippen LogP contribution in [0, 0.1) is 13.8 Å². The summed E-state index contributed by atoms with van der Waals surface area (Å²) in [6.07, 6.45) is 0.537. The first kappa shape index (κ1) is 11.8. The van der Waals surface area contributed by atoms with Crippen LogP contribution < -0.4 is 5.32 Å². The highest BCUT2D eigenvalue weighted by molar-refractivity contribution is 5.76. The number of rotatable bonds is 3. The lowest BCUT2D eigenvalue weighted by Gasteiger charge is -2.16. The Kier molecular flexibility index (Phi) is 3.89. The molecule has 2 heteroatoms. The molecule has 0 heterocycles. The largest absolute Gasteiger partial charge is 0.350 e. The maximum absolute atomic E-state index is 11.3. The lowest BCUT2D eigenvalue weighted by Crippen LogP contribution is -2.26. The Morgan fingerprint density at radius 2 is 2.07 bits per heavy atom.